The van der Waals surface area contributed by atoms with Gasteiger partial charge in [0.25, 0.3) is 0 Å². The molecule has 0 saturated heterocycles. The molecule has 0 aliphatic heterocycles. The molecular formula is C8H12N2O. The first-order valence-corrected chi connectivity index (χ1v) is 3.72. The van der Waals surface area contributed by atoms with Crippen LogP contribution in [-0.4, -0.2) is 16.6 Å². The molecule has 60 valence electrons. The highest BCUT2D eigenvalue weighted by Crippen LogP contribution is 2.17. The Bertz CT molecular complexity index is 225. The Morgan fingerprint density at radius 2 is 2.45 bits per heavy atom. The quantitative estimate of drug-likeness (QED) is 0.691. The van der Waals surface area contributed by atoms with Crippen molar-refractivity contribution in [2.45, 2.75) is 13.3 Å². The van der Waals surface area contributed by atoms with Gasteiger partial charge in [0, 0.05) is 12.7 Å². The van der Waals surface area contributed by atoms with Gasteiger partial charge in [-0.2, -0.15) is 0 Å². The molecule has 1 rings (SSSR count). The highest BCUT2D eigenvalue weighted by atomic mass is 16.3. The predicted octanol–water partition coefficient (Wildman–Crippen LogP) is 1.61. The Morgan fingerprint density at radius 3 is 3.09 bits per heavy atom. The Labute approximate surface area is 66.1 Å². The molecule has 0 aliphatic rings. The van der Waals surface area contributed by atoms with E-state index in [1.54, 1.807) is 18.3 Å². The predicted molar refractivity (Wildman–Crippen MR) is 44.7 cm³/mol. The van der Waals surface area contributed by atoms with Crippen molar-refractivity contribution >= 4 is 5.82 Å². The lowest BCUT2D eigenvalue weighted by atomic mass is 10.4. The summed E-state index contributed by atoms with van der Waals surface area (Å²) in [6.07, 6.45) is 2.67. The Balaban J connectivity index is 2.62. The van der Waals surface area contributed by atoms with Gasteiger partial charge >= 0.3 is 0 Å². The van der Waals surface area contributed by atoms with Crippen LogP contribution in [0.4, 0.5) is 5.82 Å². The molecule has 0 unspecified atom stereocenters. The summed E-state index contributed by atoms with van der Waals surface area (Å²) in [5.41, 5.74) is 0. The van der Waals surface area contributed by atoms with Gasteiger partial charge < -0.3 is 10.4 Å². The molecule has 0 bridgehead atoms. The van der Waals surface area contributed by atoms with Gasteiger partial charge in [-0.3, -0.25) is 0 Å². The van der Waals surface area contributed by atoms with Crippen LogP contribution in [0.2, 0.25) is 0 Å². The number of hydrogen-bond donors (Lipinski definition) is 2. The van der Waals surface area contributed by atoms with Crippen molar-refractivity contribution in [1.29, 1.82) is 0 Å². The monoisotopic (exact) mass is 152 g/mol. The maximum Gasteiger partial charge on any atom is 0.168 e. The number of rotatable bonds is 3. The van der Waals surface area contributed by atoms with Crippen molar-refractivity contribution in [3.05, 3.63) is 18.3 Å². The zero-order valence-corrected chi connectivity index (χ0v) is 6.54. The third-order valence-electron chi connectivity index (χ3n) is 1.33. The summed E-state index contributed by atoms with van der Waals surface area (Å²) in [6, 6.07) is 3.32. The Hall–Kier alpha value is -1.25. The van der Waals surface area contributed by atoms with Crippen molar-refractivity contribution < 1.29 is 5.11 Å². The third kappa shape index (κ3) is 2.11. The van der Waals surface area contributed by atoms with Gasteiger partial charge in [0.05, 0.1) is 0 Å². The minimum Gasteiger partial charge on any atom is -0.504 e. The molecule has 0 atom stereocenters. The zero-order valence-electron chi connectivity index (χ0n) is 6.54. The van der Waals surface area contributed by atoms with E-state index in [0.29, 0.717) is 5.82 Å². The standard InChI is InChI=1S/C8H12N2O/c1-2-5-9-8-7(11)4-3-6-10-8/h3-4,6,11H,2,5H2,1H3,(H,9,10). The Morgan fingerprint density at radius 1 is 1.64 bits per heavy atom. The van der Waals surface area contributed by atoms with Crippen molar-refractivity contribution in [2.24, 2.45) is 0 Å². The Kier molecular flexibility index (Phi) is 2.72. The molecule has 0 aliphatic carbocycles. The van der Waals surface area contributed by atoms with E-state index in [9.17, 15) is 5.11 Å². The summed E-state index contributed by atoms with van der Waals surface area (Å²) >= 11 is 0. The molecule has 1 aromatic heterocycles. The molecule has 3 heteroatoms. The highest BCUT2D eigenvalue weighted by Gasteiger charge is 1.96. The van der Waals surface area contributed by atoms with E-state index in [4.69, 9.17) is 0 Å². The van der Waals surface area contributed by atoms with E-state index >= 15 is 0 Å². The maximum atomic E-state index is 9.21. The topological polar surface area (TPSA) is 45.2 Å². The first kappa shape index (κ1) is 7.85. The second-order valence-electron chi connectivity index (χ2n) is 2.30. The van der Waals surface area contributed by atoms with Gasteiger partial charge in [-0.25, -0.2) is 4.98 Å². The molecule has 3 nitrogen and oxygen atoms in total. The number of pyridine rings is 1. The minimum absolute atomic E-state index is 0.209. The van der Waals surface area contributed by atoms with Gasteiger partial charge in [-0.1, -0.05) is 6.92 Å². The van der Waals surface area contributed by atoms with Gasteiger partial charge in [0.2, 0.25) is 0 Å². The van der Waals surface area contributed by atoms with Crippen LogP contribution in [0.3, 0.4) is 0 Å². The average molecular weight is 152 g/mol. The van der Waals surface area contributed by atoms with E-state index in [0.717, 1.165) is 13.0 Å². The maximum absolute atomic E-state index is 9.21. The fraction of sp³-hybridized carbons (Fsp3) is 0.375. The van der Waals surface area contributed by atoms with Crippen LogP contribution in [0.15, 0.2) is 18.3 Å². The van der Waals surface area contributed by atoms with Gasteiger partial charge in [-0.15, -0.1) is 0 Å². The lowest BCUT2D eigenvalue weighted by Gasteiger charge is -2.03. The number of anilines is 1. The smallest absolute Gasteiger partial charge is 0.168 e. The normalized spacial score (nSPS) is 9.55. The largest absolute Gasteiger partial charge is 0.504 e. The zero-order chi connectivity index (χ0) is 8.10. The van der Waals surface area contributed by atoms with Crippen LogP contribution in [0.25, 0.3) is 0 Å². The molecule has 0 spiro atoms. The lowest BCUT2D eigenvalue weighted by molar-refractivity contribution is 0.475. The number of nitrogens with zero attached hydrogens (tertiary/aromatic N) is 1. The minimum atomic E-state index is 0.209. The van der Waals surface area contributed by atoms with Crippen LogP contribution in [-0.2, 0) is 0 Å². The molecule has 0 aromatic carbocycles. The van der Waals surface area contributed by atoms with Gasteiger partial charge in [0.1, 0.15) is 0 Å². The highest BCUT2D eigenvalue weighted by molar-refractivity contribution is 5.47. The van der Waals surface area contributed by atoms with E-state index < -0.39 is 0 Å². The van der Waals surface area contributed by atoms with Crippen molar-refractivity contribution in [2.75, 3.05) is 11.9 Å². The summed E-state index contributed by atoms with van der Waals surface area (Å²) in [6.45, 7) is 2.90. The number of aromatic hydroxyl groups is 1. The molecule has 1 aromatic rings. The summed E-state index contributed by atoms with van der Waals surface area (Å²) in [5.74, 6) is 0.773. The van der Waals surface area contributed by atoms with E-state index in [1.807, 2.05) is 0 Å². The summed E-state index contributed by atoms with van der Waals surface area (Å²) in [4.78, 5) is 3.95. The number of aromatic nitrogens is 1. The van der Waals surface area contributed by atoms with Crippen LogP contribution in [0, 0.1) is 0 Å². The summed E-state index contributed by atoms with van der Waals surface area (Å²) in [5, 5.41) is 12.2. The van der Waals surface area contributed by atoms with Crippen molar-refractivity contribution in [3.63, 3.8) is 0 Å². The number of hydrogen-bond acceptors (Lipinski definition) is 3. The van der Waals surface area contributed by atoms with Gasteiger partial charge in [-0.05, 0) is 18.6 Å². The second-order valence-corrected chi connectivity index (χ2v) is 2.30. The van der Waals surface area contributed by atoms with E-state index in [-0.39, 0.29) is 5.75 Å². The first-order chi connectivity index (χ1) is 5.34. The molecule has 0 saturated carbocycles. The average Bonchev–Trinajstić information content (AvgIpc) is 2.03. The molecule has 1 heterocycles. The van der Waals surface area contributed by atoms with Crippen LogP contribution >= 0.6 is 0 Å². The van der Waals surface area contributed by atoms with Crippen LogP contribution in [0.5, 0.6) is 5.75 Å². The molecule has 0 amide bonds. The van der Waals surface area contributed by atoms with E-state index in [2.05, 4.69) is 17.2 Å². The second kappa shape index (κ2) is 3.81. The summed E-state index contributed by atoms with van der Waals surface area (Å²) < 4.78 is 0. The van der Waals surface area contributed by atoms with Crippen molar-refractivity contribution in [3.8, 4) is 5.75 Å². The van der Waals surface area contributed by atoms with Gasteiger partial charge in [0.15, 0.2) is 11.6 Å². The fourth-order valence-electron chi connectivity index (χ4n) is 0.776. The molecular weight excluding hydrogens is 140 g/mol. The molecule has 2 N–H and O–H groups in total. The van der Waals surface area contributed by atoms with Crippen LogP contribution in [0.1, 0.15) is 13.3 Å². The lowest BCUT2D eigenvalue weighted by Crippen LogP contribution is -2.01. The van der Waals surface area contributed by atoms with Crippen LogP contribution < -0.4 is 5.32 Å². The fourth-order valence-corrected chi connectivity index (χ4v) is 0.776. The summed E-state index contributed by atoms with van der Waals surface area (Å²) in [7, 11) is 0. The van der Waals surface area contributed by atoms with Crippen molar-refractivity contribution in [1.82, 2.24) is 4.98 Å². The molecule has 11 heavy (non-hydrogen) atoms. The number of nitrogens with one attached hydrogen (secondary N) is 1. The molecule has 0 fully saturated rings. The third-order valence-corrected chi connectivity index (χ3v) is 1.33. The SMILES string of the molecule is CCCNc1ncccc1O. The first-order valence-electron chi connectivity index (χ1n) is 3.72. The van der Waals surface area contributed by atoms with E-state index in [1.165, 1.54) is 0 Å². The molecule has 0 radical (unpaired) electrons.